The van der Waals surface area contributed by atoms with Crippen molar-refractivity contribution in [3.8, 4) is 0 Å². The first kappa shape index (κ1) is 17.3. The van der Waals surface area contributed by atoms with E-state index in [1.807, 2.05) is 37.9 Å². The van der Waals surface area contributed by atoms with Gasteiger partial charge in [-0.05, 0) is 25.0 Å². The Hall–Kier alpha value is -1.07. The highest BCUT2D eigenvalue weighted by molar-refractivity contribution is 7.16. The molecule has 0 bridgehead atoms. The molecule has 22 heavy (non-hydrogen) atoms. The van der Waals surface area contributed by atoms with E-state index in [1.165, 1.54) is 11.3 Å². The van der Waals surface area contributed by atoms with Crippen LogP contribution < -0.4 is 0 Å². The topological polar surface area (TPSA) is 40.6 Å². The van der Waals surface area contributed by atoms with E-state index in [-0.39, 0.29) is 23.7 Å². The molecule has 6 heteroatoms. The Morgan fingerprint density at radius 1 is 1.36 bits per heavy atom. The second kappa shape index (κ2) is 7.47. The van der Waals surface area contributed by atoms with Crippen LogP contribution >= 0.6 is 22.9 Å². The van der Waals surface area contributed by atoms with E-state index in [0.29, 0.717) is 19.6 Å². The van der Waals surface area contributed by atoms with Gasteiger partial charge in [-0.15, -0.1) is 11.3 Å². The molecular formula is C16H23ClN2O2S. The van der Waals surface area contributed by atoms with Crippen LogP contribution in [0.3, 0.4) is 0 Å². The van der Waals surface area contributed by atoms with Gasteiger partial charge in [0.2, 0.25) is 11.8 Å². The van der Waals surface area contributed by atoms with E-state index < -0.39 is 0 Å². The Labute approximate surface area is 141 Å². The van der Waals surface area contributed by atoms with E-state index >= 15 is 0 Å². The summed E-state index contributed by atoms with van der Waals surface area (Å²) in [4.78, 5) is 29.2. The molecule has 1 aromatic heterocycles. The van der Waals surface area contributed by atoms with Crippen LogP contribution in [-0.4, -0.2) is 41.8 Å². The van der Waals surface area contributed by atoms with Crippen LogP contribution in [0.15, 0.2) is 12.1 Å². The number of piperidine rings is 1. The summed E-state index contributed by atoms with van der Waals surface area (Å²) < 4.78 is 0.747. The Balaban J connectivity index is 1.85. The fraction of sp³-hybridized carbons (Fsp3) is 0.625. The minimum absolute atomic E-state index is 0.0247. The smallest absolute Gasteiger partial charge is 0.225 e. The van der Waals surface area contributed by atoms with Crippen molar-refractivity contribution in [2.75, 3.05) is 20.1 Å². The van der Waals surface area contributed by atoms with Crippen molar-refractivity contribution in [2.45, 2.75) is 33.2 Å². The first-order valence-corrected chi connectivity index (χ1v) is 8.86. The molecule has 2 rings (SSSR count). The second-order valence-electron chi connectivity index (χ2n) is 6.15. The van der Waals surface area contributed by atoms with Crippen molar-refractivity contribution in [3.05, 3.63) is 21.3 Å². The number of carbonyl (C=O) groups excluding carboxylic acids is 2. The predicted octanol–water partition coefficient (Wildman–Crippen LogP) is 3.25. The van der Waals surface area contributed by atoms with Crippen LogP contribution in [0.4, 0.5) is 0 Å². The zero-order valence-corrected chi connectivity index (χ0v) is 14.9. The van der Waals surface area contributed by atoms with Crippen LogP contribution in [0.5, 0.6) is 0 Å². The van der Waals surface area contributed by atoms with Crippen LogP contribution in [0, 0.1) is 11.8 Å². The number of thiophene rings is 1. The lowest BCUT2D eigenvalue weighted by atomic mass is 9.94. The maximum absolute atomic E-state index is 12.5. The number of amides is 2. The van der Waals surface area contributed by atoms with Gasteiger partial charge in [0.05, 0.1) is 10.9 Å². The van der Waals surface area contributed by atoms with Gasteiger partial charge in [-0.2, -0.15) is 0 Å². The molecule has 0 unspecified atom stereocenters. The molecule has 0 radical (unpaired) electrons. The zero-order chi connectivity index (χ0) is 16.3. The number of hydrogen-bond acceptors (Lipinski definition) is 3. The maximum Gasteiger partial charge on any atom is 0.225 e. The summed E-state index contributed by atoms with van der Waals surface area (Å²) in [5.74, 6) is 0.406. The summed E-state index contributed by atoms with van der Waals surface area (Å²) in [6, 6.07) is 3.82. The third kappa shape index (κ3) is 4.23. The van der Waals surface area contributed by atoms with E-state index in [0.717, 1.165) is 22.1 Å². The molecule has 122 valence electrons. The fourth-order valence-electron chi connectivity index (χ4n) is 2.77. The summed E-state index contributed by atoms with van der Waals surface area (Å²) in [7, 11) is 1.83. The van der Waals surface area contributed by atoms with Crippen LogP contribution in [-0.2, 0) is 16.1 Å². The number of halogens is 1. The first-order valence-electron chi connectivity index (χ1n) is 7.66. The molecule has 1 aliphatic rings. The molecule has 1 aliphatic heterocycles. The summed E-state index contributed by atoms with van der Waals surface area (Å²) in [5, 5.41) is 0. The number of likely N-dealkylation sites (tertiary alicyclic amines) is 1. The molecule has 0 atom stereocenters. The lowest BCUT2D eigenvalue weighted by molar-refractivity contribution is -0.141. The highest BCUT2D eigenvalue weighted by Gasteiger charge is 2.29. The average Bonchev–Trinajstić information content (AvgIpc) is 2.90. The minimum atomic E-state index is 0.0247. The molecule has 2 amide bonds. The number of carbonyl (C=O) groups is 2. The molecule has 1 aromatic rings. The van der Waals surface area contributed by atoms with E-state index in [9.17, 15) is 9.59 Å². The van der Waals surface area contributed by atoms with Crippen molar-refractivity contribution in [2.24, 2.45) is 11.8 Å². The Bertz CT molecular complexity index is 536. The van der Waals surface area contributed by atoms with Gasteiger partial charge in [0, 0.05) is 36.9 Å². The molecule has 2 heterocycles. The molecule has 0 spiro atoms. The van der Waals surface area contributed by atoms with Gasteiger partial charge in [-0.3, -0.25) is 9.59 Å². The van der Waals surface area contributed by atoms with Crippen LogP contribution in [0.25, 0.3) is 0 Å². The van der Waals surface area contributed by atoms with Crippen molar-refractivity contribution < 1.29 is 9.59 Å². The fourth-order valence-corrected chi connectivity index (χ4v) is 3.91. The van der Waals surface area contributed by atoms with Gasteiger partial charge < -0.3 is 9.80 Å². The third-order valence-corrected chi connectivity index (χ3v) is 5.26. The number of hydrogen-bond donors (Lipinski definition) is 0. The van der Waals surface area contributed by atoms with E-state index in [4.69, 9.17) is 11.6 Å². The molecule has 4 nitrogen and oxygen atoms in total. The van der Waals surface area contributed by atoms with E-state index in [2.05, 4.69) is 0 Å². The van der Waals surface area contributed by atoms with Crippen molar-refractivity contribution in [1.29, 1.82) is 0 Å². The van der Waals surface area contributed by atoms with Gasteiger partial charge in [0.1, 0.15) is 0 Å². The van der Waals surface area contributed by atoms with Gasteiger partial charge in [-0.1, -0.05) is 25.4 Å². The number of nitrogens with zero attached hydrogens (tertiary/aromatic N) is 2. The molecule has 1 saturated heterocycles. The molecule has 0 aliphatic carbocycles. The Kier molecular flexibility index (Phi) is 5.87. The highest BCUT2D eigenvalue weighted by Crippen LogP contribution is 2.25. The van der Waals surface area contributed by atoms with E-state index in [1.54, 1.807) is 4.90 Å². The van der Waals surface area contributed by atoms with Crippen molar-refractivity contribution in [3.63, 3.8) is 0 Å². The summed E-state index contributed by atoms with van der Waals surface area (Å²) in [5.41, 5.74) is 0. The standard InChI is InChI=1S/C16H23ClN2O2S/c1-11(2)15(20)19-8-6-12(7-9-19)16(21)18(3)10-13-4-5-14(17)22-13/h4-5,11-12H,6-10H2,1-3H3. The zero-order valence-electron chi connectivity index (χ0n) is 13.3. The Morgan fingerprint density at radius 2 is 2.00 bits per heavy atom. The lowest BCUT2D eigenvalue weighted by Gasteiger charge is -2.34. The molecular weight excluding hydrogens is 320 g/mol. The van der Waals surface area contributed by atoms with Gasteiger partial charge in [0.15, 0.2) is 0 Å². The second-order valence-corrected chi connectivity index (χ2v) is 7.95. The maximum atomic E-state index is 12.5. The quantitative estimate of drug-likeness (QED) is 0.842. The SMILES string of the molecule is CC(C)C(=O)N1CCC(C(=O)N(C)Cc2ccc(Cl)s2)CC1. The van der Waals surface area contributed by atoms with Crippen LogP contribution in [0.1, 0.15) is 31.6 Å². The summed E-state index contributed by atoms with van der Waals surface area (Å²) in [6.45, 7) is 5.80. The number of rotatable bonds is 4. The Morgan fingerprint density at radius 3 is 2.50 bits per heavy atom. The molecule has 0 saturated carbocycles. The summed E-state index contributed by atoms with van der Waals surface area (Å²) in [6.07, 6.45) is 1.51. The summed E-state index contributed by atoms with van der Waals surface area (Å²) >= 11 is 7.43. The normalized spacial score (nSPS) is 16.1. The minimum Gasteiger partial charge on any atom is -0.342 e. The monoisotopic (exact) mass is 342 g/mol. The van der Waals surface area contributed by atoms with Crippen molar-refractivity contribution >= 4 is 34.8 Å². The van der Waals surface area contributed by atoms with Crippen LogP contribution in [0.2, 0.25) is 4.34 Å². The first-order chi connectivity index (χ1) is 10.4. The highest BCUT2D eigenvalue weighted by atomic mass is 35.5. The third-order valence-electron chi connectivity index (χ3n) is 4.05. The molecule has 0 N–H and O–H groups in total. The average molecular weight is 343 g/mol. The van der Waals surface area contributed by atoms with Crippen molar-refractivity contribution in [1.82, 2.24) is 9.80 Å². The predicted molar refractivity (Wildman–Crippen MR) is 89.9 cm³/mol. The molecule has 1 fully saturated rings. The van der Waals surface area contributed by atoms with Gasteiger partial charge in [0.25, 0.3) is 0 Å². The van der Waals surface area contributed by atoms with Gasteiger partial charge >= 0.3 is 0 Å². The largest absolute Gasteiger partial charge is 0.342 e. The molecule has 0 aromatic carbocycles. The lowest BCUT2D eigenvalue weighted by Crippen LogP contribution is -2.44. The van der Waals surface area contributed by atoms with Gasteiger partial charge in [-0.25, -0.2) is 0 Å².